The van der Waals surface area contributed by atoms with Crippen molar-refractivity contribution in [2.75, 3.05) is 5.75 Å². The van der Waals surface area contributed by atoms with Gasteiger partial charge in [-0.2, -0.15) is 0 Å². The van der Waals surface area contributed by atoms with Crippen molar-refractivity contribution in [2.45, 2.75) is 11.7 Å². The third-order valence-electron chi connectivity index (χ3n) is 5.68. The Labute approximate surface area is 235 Å². The minimum Gasteiger partial charge on any atom is -0.550 e. The number of carbonyl (C=O) groups is 1. The van der Waals surface area contributed by atoms with Crippen molar-refractivity contribution in [1.29, 1.82) is 0 Å². The number of nitrogens with zero attached hydrogens (tertiary/aromatic N) is 2. The van der Waals surface area contributed by atoms with Crippen molar-refractivity contribution in [3.05, 3.63) is 106 Å². The second kappa shape index (κ2) is 11.5. The summed E-state index contributed by atoms with van der Waals surface area (Å²) in [6.45, 7) is 0. The van der Waals surface area contributed by atoms with Gasteiger partial charge in [-0.25, -0.2) is 4.98 Å². The number of thioether (sulfide) groups is 1. The number of aliphatic carboxylic acids is 1. The number of carboxylic acid groups (broad SMARTS) is 1. The summed E-state index contributed by atoms with van der Waals surface area (Å²) in [5, 5.41) is 12.7. The number of carboxylic acids is 1. The Hall–Kier alpha value is -2.41. The first-order valence-corrected chi connectivity index (χ1v) is 12.3. The minimum atomic E-state index is -1.04. The fourth-order valence-electron chi connectivity index (χ4n) is 4.02. The van der Waals surface area contributed by atoms with Crippen LogP contribution in [0.15, 0.2) is 66.9 Å². The fraction of sp³-hybridized carbons (Fsp3) is 0.107. The van der Waals surface area contributed by atoms with Gasteiger partial charge >= 0.3 is 29.6 Å². The fourth-order valence-corrected chi connectivity index (χ4v) is 5.47. The van der Waals surface area contributed by atoms with E-state index in [-0.39, 0.29) is 41.2 Å². The summed E-state index contributed by atoms with van der Waals surface area (Å²) in [7, 11) is 0. The molecule has 0 bridgehead atoms. The van der Waals surface area contributed by atoms with Crippen molar-refractivity contribution in [3.63, 3.8) is 0 Å². The molecule has 0 N–H and O–H groups in total. The zero-order chi connectivity index (χ0) is 23.5. The van der Waals surface area contributed by atoms with Gasteiger partial charge in [-0.3, -0.25) is 4.98 Å². The van der Waals surface area contributed by atoms with E-state index in [1.165, 1.54) is 0 Å². The number of carbonyl (C=O) groups excluding carboxylic acids is 1. The maximum absolute atomic E-state index is 11.0. The van der Waals surface area contributed by atoms with Gasteiger partial charge in [0, 0.05) is 22.6 Å². The van der Waals surface area contributed by atoms with Crippen LogP contribution in [0.1, 0.15) is 45.3 Å². The van der Waals surface area contributed by atoms with Crippen molar-refractivity contribution in [3.8, 4) is 0 Å². The third-order valence-corrected chi connectivity index (χ3v) is 7.20. The van der Waals surface area contributed by atoms with Gasteiger partial charge in [0.15, 0.2) is 0 Å². The molecule has 168 valence electrons. The third kappa shape index (κ3) is 6.05. The standard InChI is InChI=1S/C28H21ClN2O2S.Na/c29-21-9-6-20-7-11-22(31-26(20)17-21)10-4-18-3-5-19-8-12-25-23(2-1-14-30-25)28(24(19)16-18)34-15-13-27(32)33;/h1-12,14,16-17,28H,13,15H2,(H,32,33);/q;+1/p-1/b10-4+;. The molecule has 1 aliphatic rings. The maximum atomic E-state index is 11.0. The van der Waals surface area contributed by atoms with E-state index < -0.39 is 5.97 Å². The van der Waals surface area contributed by atoms with Crippen LogP contribution in [-0.4, -0.2) is 21.7 Å². The van der Waals surface area contributed by atoms with Crippen LogP contribution in [0.25, 0.3) is 35.2 Å². The number of aromatic nitrogens is 2. The van der Waals surface area contributed by atoms with E-state index in [1.807, 2.05) is 54.6 Å². The first-order chi connectivity index (χ1) is 16.6. The average molecular weight is 507 g/mol. The molecule has 1 atom stereocenters. The van der Waals surface area contributed by atoms with Crippen molar-refractivity contribution in [1.82, 2.24) is 9.97 Å². The maximum Gasteiger partial charge on any atom is 1.00 e. The number of fused-ring (bicyclic) bond motifs is 3. The Morgan fingerprint density at radius 1 is 1.03 bits per heavy atom. The van der Waals surface area contributed by atoms with Gasteiger partial charge in [0.05, 0.1) is 22.2 Å². The van der Waals surface area contributed by atoms with Crippen LogP contribution in [0.4, 0.5) is 0 Å². The molecule has 0 spiro atoms. The Kier molecular flexibility index (Phi) is 8.47. The molecule has 7 heteroatoms. The van der Waals surface area contributed by atoms with E-state index in [0.29, 0.717) is 10.8 Å². The number of hydrogen-bond donors (Lipinski definition) is 0. The van der Waals surface area contributed by atoms with E-state index in [9.17, 15) is 9.90 Å². The van der Waals surface area contributed by atoms with Gasteiger partial charge in [0.1, 0.15) is 0 Å². The zero-order valence-corrected chi connectivity index (χ0v) is 22.7. The van der Waals surface area contributed by atoms with E-state index in [0.717, 1.165) is 44.5 Å². The van der Waals surface area contributed by atoms with Crippen LogP contribution in [0, 0.1) is 0 Å². The molecule has 0 aliphatic heterocycles. The van der Waals surface area contributed by atoms with Gasteiger partial charge < -0.3 is 9.90 Å². The molecule has 1 aliphatic carbocycles. The van der Waals surface area contributed by atoms with Crippen LogP contribution in [-0.2, 0) is 4.79 Å². The molecule has 0 saturated carbocycles. The van der Waals surface area contributed by atoms with Crippen LogP contribution >= 0.6 is 23.4 Å². The van der Waals surface area contributed by atoms with Gasteiger partial charge in [-0.1, -0.05) is 54.1 Å². The normalized spacial score (nSPS) is 14.3. The van der Waals surface area contributed by atoms with Crippen molar-refractivity contribution >= 4 is 64.5 Å². The topological polar surface area (TPSA) is 65.9 Å². The van der Waals surface area contributed by atoms with E-state index in [4.69, 9.17) is 16.6 Å². The molecule has 5 rings (SSSR count). The van der Waals surface area contributed by atoms with Crippen LogP contribution in [0.3, 0.4) is 0 Å². The average Bonchev–Trinajstić information content (AvgIpc) is 2.99. The molecule has 1 unspecified atom stereocenters. The van der Waals surface area contributed by atoms with E-state index >= 15 is 0 Å². The molecule has 0 amide bonds. The van der Waals surface area contributed by atoms with Gasteiger partial charge in [-0.15, -0.1) is 11.8 Å². The largest absolute Gasteiger partial charge is 1.00 e. The number of halogens is 1. The Balaban J connectivity index is 0.00000289. The summed E-state index contributed by atoms with van der Waals surface area (Å²) in [5.41, 5.74) is 6.95. The SMILES string of the molecule is O=C([O-])CCSC1c2cc(/C=C/c3ccc4ccc(Cl)cc4n3)ccc2C=Cc2ncccc21.[Na+]. The smallest absolute Gasteiger partial charge is 0.550 e. The molecule has 2 heterocycles. The Morgan fingerprint density at radius 2 is 1.89 bits per heavy atom. The predicted molar refractivity (Wildman–Crippen MR) is 139 cm³/mol. The van der Waals surface area contributed by atoms with Gasteiger partial charge in [0.2, 0.25) is 0 Å². The molecule has 35 heavy (non-hydrogen) atoms. The Bertz CT molecular complexity index is 1450. The molecule has 4 nitrogen and oxygen atoms in total. The van der Waals surface area contributed by atoms with Crippen LogP contribution in [0.2, 0.25) is 5.02 Å². The summed E-state index contributed by atoms with van der Waals surface area (Å²) in [6, 6.07) is 20.0. The molecular weight excluding hydrogens is 487 g/mol. The summed E-state index contributed by atoms with van der Waals surface area (Å²) in [6.07, 6.45) is 9.91. The molecule has 0 fully saturated rings. The van der Waals surface area contributed by atoms with Crippen LogP contribution in [0.5, 0.6) is 0 Å². The molecular formula is C28H20ClN2NaO2S. The second-order valence-corrected chi connectivity index (χ2v) is 9.63. The Morgan fingerprint density at radius 3 is 2.74 bits per heavy atom. The first-order valence-electron chi connectivity index (χ1n) is 10.9. The summed E-state index contributed by atoms with van der Waals surface area (Å²) < 4.78 is 0. The number of hydrogen-bond acceptors (Lipinski definition) is 5. The number of pyridine rings is 2. The summed E-state index contributed by atoms with van der Waals surface area (Å²) in [5.74, 6) is -0.573. The molecule has 0 saturated heterocycles. The summed E-state index contributed by atoms with van der Waals surface area (Å²) in [4.78, 5) is 20.2. The molecule has 4 aromatic rings. The summed E-state index contributed by atoms with van der Waals surface area (Å²) >= 11 is 7.72. The molecule has 0 radical (unpaired) electrons. The van der Waals surface area contributed by atoms with Crippen molar-refractivity contribution < 1.29 is 39.5 Å². The van der Waals surface area contributed by atoms with Crippen molar-refractivity contribution in [2.24, 2.45) is 0 Å². The second-order valence-electron chi connectivity index (χ2n) is 7.98. The van der Waals surface area contributed by atoms with Crippen LogP contribution < -0.4 is 34.7 Å². The van der Waals surface area contributed by atoms with E-state index in [1.54, 1.807) is 18.0 Å². The first kappa shape index (κ1) is 25.7. The number of rotatable bonds is 6. The zero-order valence-electron chi connectivity index (χ0n) is 19.1. The predicted octanol–water partition coefficient (Wildman–Crippen LogP) is 2.90. The van der Waals surface area contributed by atoms with Gasteiger partial charge in [0.25, 0.3) is 0 Å². The number of benzene rings is 2. The van der Waals surface area contributed by atoms with Gasteiger partial charge in [-0.05, 0) is 76.9 Å². The molecule has 2 aromatic carbocycles. The van der Waals surface area contributed by atoms with E-state index in [2.05, 4.69) is 35.3 Å². The molecule has 2 aromatic heterocycles. The quantitative estimate of drug-likeness (QED) is 0.376. The monoisotopic (exact) mass is 506 g/mol. The minimum absolute atomic E-state index is 0.